The predicted molar refractivity (Wildman–Crippen MR) is 66.8 cm³/mol. The van der Waals surface area contributed by atoms with Gasteiger partial charge in [0.05, 0.1) is 12.6 Å². The highest BCUT2D eigenvalue weighted by atomic mass is 16.3. The van der Waals surface area contributed by atoms with E-state index in [4.69, 9.17) is 10.8 Å². The Hall–Kier alpha value is -1.39. The number of nitrogens with zero attached hydrogens (tertiary/aromatic N) is 1. The van der Waals surface area contributed by atoms with Crippen molar-refractivity contribution in [2.75, 3.05) is 25.9 Å². The Balaban J connectivity index is 2.21. The van der Waals surface area contributed by atoms with Crippen molar-refractivity contribution in [3.05, 3.63) is 29.3 Å². The van der Waals surface area contributed by atoms with E-state index >= 15 is 0 Å². The molecule has 0 bridgehead atoms. The Morgan fingerprint density at radius 1 is 1.47 bits per heavy atom. The molecule has 0 saturated heterocycles. The van der Waals surface area contributed by atoms with Crippen LogP contribution in [0.3, 0.4) is 0 Å². The van der Waals surface area contributed by atoms with Gasteiger partial charge in [-0.1, -0.05) is 6.07 Å². The molecule has 1 aliphatic rings. The van der Waals surface area contributed by atoms with Crippen molar-refractivity contribution in [3.8, 4) is 0 Å². The number of hydrogen-bond acceptors (Lipinski definition) is 4. The van der Waals surface area contributed by atoms with Crippen LogP contribution in [0.5, 0.6) is 0 Å². The van der Waals surface area contributed by atoms with E-state index < -0.39 is 0 Å². The number of Topliss-reactive ketones (excluding diaryl/α,β-unsaturated/α-hetero) is 1. The first-order chi connectivity index (χ1) is 8.11. The highest BCUT2D eigenvalue weighted by Gasteiger charge is 2.28. The lowest BCUT2D eigenvalue weighted by Gasteiger charge is -2.30. The SMILES string of the molecule is CN(CCO)C1Cc2ccc(N)cc2CC1=O. The molecule has 0 heterocycles. The van der Waals surface area contributed by atoms with Gasteiger partial charge in [-0.2, -0.15) is 0 Å². The number of aliphatic hydroxyl groups is 1. The topological polar surface area (TPSA) is 66.6 Å². The van der Waals surface area contributed by atoms with Crippen LogP contribution in [-0.4, -0.2) is 42.0 Å². The van der Waals surface area contributed by atoms with Crippen LogP contribution in [0.25, 0.3) is 0 Å². The molecule has 4 nitrogen and oxygen atoms in total. The monoisotopic (exact) mass is 234 g/mol. The molecule has 1 unspecified atom stereocenters. The maximum atomic E-state index is 12.0. The molecule has 0 saturated carbocycles. The lowest BCUT2D eigenvalue weighted by Crippen LogP contribution is -2.44. The number of benzene rings is 1. The molecule has 0 aromatic heterocycles. The van der Waals surface area contributed by atoms with E-state index in [9.17, 15) is 4.79 Å². The van der Waals surface area contributed by atoms with Gasteiger partial charge in [0, 0.05) is 18.7 Å². The van der Waals surface area contributed by atoms with E-state index in [0.717, 1.165) is 5.56 Å². The zero-order valence-electron chi connectivity index (χ0n) is 10.0. The molecular weight excluding hydrogens is 216 g/mol. The lowest BCUT2D eigenvalue weighted by atomic mass is 9.86. The summed E-state index contributed by atoms with van der Waals surface area (Å²) in [7, 11) is 1.88. The van der Waals surface area contributed by atoms with E-state index in [-0.39, 0.29) is 18.4 Å². The normalized spacial score (nSPS) is 19.5. The number of fused-ring (bicyclic) bond motifs is 1. The number of ketones is 1. The van der Waals surface area contributed by atoms with Gasteiger partial charge >= 0.3 is 0 Å². The van der Waals surface area contributed by atoms with E-state index in [1.807, 2.05) is 30.1 Å². The Morgan fingerprint density at radius 3 is 2.94 bits per heavy atom. The highest BCUT2D eigenvalue weighted by molar-refractivity contribution is 5.88. The standard InChI is InChI=1S/C13H18N2O2/c1-15(4-5-16)12-7-9-2-3-11(14)6-10(9)8-13(12)17/h2-3,6,12,16H,4-5,7-8,14H2,1H3. The molecule has 1 aromatic carbocycles. The van der Waals surface area contributed by atoms with Gasteiger partial charge < -0.3 is 10.8 Å². The fraction of sp³-hybridized carbons (Fsp3) is 0.462. The summed E-state index contributed by atoms with van der Waals surface area (Å²) < 4.78 is 0. The first-order valence-corrected chi connectivity index (χ1v) is 5.83. The van der Waals surface area contributed by atoms with Crippen LogP contribution in [0.1, 0.15) is 11.1 Å². The number of carbonyl (C=O) groups is 1. The molecule has 1 atom stereocenters. The summed E-state index contributed by atoms with van der Waals surface area (Å²) in [6, 6.07) is 5.64. The summed E-state index contributed by atoms with van der Waals surface area (Å²) in [5, 5.41) is 8.92. The van der Waals surface area contributed by atoms with Crippen molar-refractivity contribution in [1.82, 2.24) is 4.90 Å². The third-order valence-corrected chi connectivity index (χ3v) is 3.36. The number of carbonyl (C=O) groups excluding carboxylic acids is 1. The molecule has 0 aliphatic heterocycles. The summed E-state index contributed by atoms with van der Waals surface area (Å²) in [5.74, 6) is 0.207. The Bertz CT molecular complexity index is 431. The molecular formula is C13H18N2O2. The lowest BCUT2D eigenvalue weighted by molar-refractivity contribution is -0.123. The van der Waals surface area contributed by atoms with Crippen molar-refractivity contribution in [2.24, 2.45) is 0 Å². The first kappa shape index (κ1) is 12.1. The minimum atomic E-state index is -0.113. The minimum absolute atomic E-state index is 0.0782. The second kappa shape index (κ2) is 4.85. The van der Waals surface area contributed by atoms with Crippen LogP contribution in [0, 0.1) is 0 Å². The van der Waals surface area contributed by atoms with Crippen molar-refractivity contribution in [3.63, 3.8) is 0 Å². The summed E-state index contributed by atoms with van der Waals surface area (Å²) in [4.78, 5) is 13.9. The van der Waals surface area contributed by atoms with Crippen LogP contribution >= 0.6 is 0 Å². The molecule has 0 amide bonds. The predicted octanol–water partition coefficient (Wildman–Crippen LogP) is 0.229. The fourth-order valence-corrected chi connectivity index (χ4v) is 2.35. The summed E-state index contributed by atoms with van der Waals surface area (Å²) >= 11 is 0. The van der Waals surface area contributed by atoms with Crippen LogP contribution in [-0.2, 0) is 17.6 Å². The number of rotatable bonds is 3. The maximum absolute atomic E-state index is 12.0. The van der Waals surface area contributed by atoms with Gasteiger partial charge in [-0.3, -0.25) is 9.69 Å². The molecule has 17 heavy (non-hydrogen) atoms. The summed E-state index contributed by atoms with van der Waals surface area (Å²) in [6.45, 7) is 0.607. The van der Waals surface area contributed by atoms with Crippen molar-refractivity contribution in [1.29, 1.82) is 0 Å². The molecule has 92 valence electrons. The Kier molecular flexibility index (Phi) is 3.45. The number of nitrogen functional groups attached to an aromatic ring is 1. The molecule has 0 spiro atoms. The molecule has 0 fully saturated rings. The number of nitrogens with two attached hydrogens (primary N) is 1. The number of likely N-dealkylation sites (N-methyl/N-ethyl adjacent to an activating group) is 1. The third kappa shape index (κ3) is 2.48. The number of hydrogen-bond donors (Lipinski definition) is 2. The quantitative estimate of drug-likeness (QED) is 0.735. The van der Waals surface area contributed by atoms with Crippen LogP contribution in [0.15, 0.2) is 18.2 Å². The smallest absolute Gasteiger partial charge is 0.154 e. The second-order valence-electron chi connectivity index (χ2n) is 4.60. The number of aliphatic hydroxyl groups excluding tert-OH is 1. The largest absolute Gasteiger partial charge is 0.399 e. The first-order valence-electron chi connectivity index (χ1n) is 5.83. The molecule has 3 N–H and O–H groups in total. The summed E-state index contributed by atoms with van der Waals surface area (Å²) in [5.41, 5.74) is 8.66. The molecule has 1 aliphatic carbocycles. The van der Waals surface area contributed by atoms with Crippen molar-refractivity contribution >= 4 is 11.5 Å². The average molecular weight is 234 g/mol. The average Bonchev–Trinajstić information content (AvgIpc) is 2.28. The number of anilines is 1. The van der Waals surface area contributed by atoms with E-state index in [1.165, 1.54) is 5.56 Å². The van der Waals surface area contributed by atoms with Gasteiger partial charge in [-0.15, -0.1) is 0 Å². The van der Waals surface area contributed by atoms with Crippen molar-refractivity contribution < 1.29 is 9.90 Å². The zero-order chi connectivity index (χ0) is 12.4. The molecule has 4 heteroatoms. The highest BCUT2D eigenvalue weighted by Crippen LogP contribution is 2.23. The molecule has 2 rings (SSSR count). The van der Waals surface area contributed by atoms with Gasteiger partial charge in [-0.25, -0.2) is 0 Å². The Labute approximate surface area is 101 Å². The van der Waals surface area contributed by atoms with Crippen LogP contribution < -0.4 is 5.73 Å². The van der Waals surface area contributed by atoms with Gasteiger partial charge in [0.2, 0.25) is 0 Å². The van der Waals surface area contributed by atoms with E-state index in [1.54, 1.807) is 0 Å². The summed E-state index contributed by atoms with van der Waals surface area (Å²) in [6.07, 6.45) is 1.16. The van der Waals surface area contributed by atoms with E-state index in [2.05, 4.69) is 0 Å². The van der Waals surface area contributed by atoms with Gasteiger partial charge in [0.25, 0.3) is 0 Å². The van der Waals surface area contributed by atoms with Gasteiger partial charge in [0.1, 0.15) is 0 Å². The Morgan fingerprint density at radius 2 is 2.24 bits per heavy atom. The second-order valence-corrected chi connectivity index (χ2v) is 4.60. The van der Waals surface area contributed by atoms with Gasteiger partial charge in [-0.05, 0) is 36.7 Å². The van der Waals surface area contributed by atoms with Gasteiger partial charge in [0.15, 0.2) is 5.78 Å². The minimum Gasteiger partial charge on any atom is -0.399 e. The fourth-order valence-electron chi connectivity index (χ4n) is 2.35. The van der Waals surface area contributed by atoms with Crippen molar-refractivity contribution in [2.45, 2.75) is 18.9 Å². The van der Waals surface area contributed by atoms with E-state index in [0.29, 0.717) is 25.1 Å². The maximum Gasteiger partial charge on any atom is 0.154 e. The molecule has 0 radical (unpaired) electrons. The molecule has 1 aromatic rings. The zero-order valence-corrected chi connectivity index (χ0v) is 10.0. The third-order valence-electron chi connectivity index (χ3n) is 3.36. The van der Waals surface area contributed by atoms with Crippen LogP contribution in [0.4, 0.5) is 5.69 Å². The van der Waals surface area contributed by atoms with Crippen LogP contribution in [0.2, 0.25) is 0 Å².